The number of fused-ring (bicyclic) bond motifs is 17. The molecule has 4 heterocycles. The number of benzene rings is 7. The lowest BCUT2D eigenvalue weighted by molar-refractivity contribution is 0.669. The fourth-order valence-corrected chi connectivity index (χ4v) is 8.27. The Kier molecular flexibility index (Phi) is 4.66. The van der Waals surface area contributed by atoms with Crippen LogP contribution in [0.1, 0.15) is 0 Å². The average molecular weight is 584 g/mol. The van der Waals surface area contributed by atoms with E-state index in [2.05, 4.69) is 155 Å². The Balaban J connectivity index is 1.30. The van der Waals surface area contributed by atoms with Crippen LogP contribution in [0.25, 0.3) is 71.7 Å². The highest BCUT2D eigenvalue weighted by atomic mass is 16.3. The maximum atomic E-state index is 6.42. The molecule has 0 atom stereocenters. The van der Waals surface area contributed by atoms with Gasteiger partial charge >= 0.3 is 6.85 Å². The second-order valence-corrected chi connectivity index (χ2v) is 12.5. The molecular weight excluding hydrogens is 559 g/mol. The van der Waals surface area contributed by atoms with Crippen molar-refractivity contribution in [3.05, 3.63) is 152 Å². The van der Waals surface area contributed by atoms with Gasteiger partial charge in [-0.2, -0.15) is 0 Å². The second kappa shape index (κ2) is 8.80. The van der Waals surface area contributed by atoms with Crippen LogP contribution in [-0.4, -0.2) is 11.4 Å². The van der Waals surface area contributed by atoms with Gasteiger partial charge in [0.2, 0.25) is 0 Å². The third kappa shape index (κ3) is 3.08. The van der Waals surface area contributed by atoms with Crippen LogP contribution in [0.4, 0.5) is 11.4 Å². The SMILES string of the molecule is c1ccc(-n2c3cc4c(cc3c3cc5oc6ccccc6c5cc32)-c2ccccc2N2B4c3ccccc3-c3ccccc32)cc1. The fourth-order valence-electron chi connectivity index (χ4n) is 8.27. The van der Waals surface area contributed by atoms with E-state index in [9.17, 15) is 0 Å². The molecule has 0 saturated heterocycles. The largest absolute Gasteiger partial charge is 0.456 e. The normalized spacial score (nSPS) is 13.1. The van der Waals surface area contributed by atoms with Crippen molar-refractivity contribution in [3.8, 4) is 27.9 Å². The topological polar surface area (TPSA) is 21.3 Å². The monoisotopic (exact) mass is 584 g/mol. The summed E-state index contributed by atoms with van der Waals surface area (Å²) in [5.41, 5.74) is 15.7. The average Bonchev–Trinajstić information content (AvgIpc) is 3.64. The molecule has 0 N–H and O–H groups in total. The van der Waals surface area contributed by atoms with Crippen molar-refractivity contribution < 1.29 is 4.42 Å². The molecule has 0 radical (unpaired) electrons. The molecule has 0 saturated carbocycles. The summed E-state index contributed by atoms with van der Waals surface area (Å²) < 4.78 is 8.86. The van der Waals surface area contributed by atoms with Gasteiger partial charge in [0, 0.05) is 49.7 Å². The molecule has 11 rings (SSSR count). The highest BCUT2D eigenvalue weighted by Gasteiger charge is 2.42. The Labute approximate surface area is 265 Å². The first-order chi connectivity index (χ1) is 22.8. The first-order valence-electron chi connectivity index (χ1n) is 15.9. The summed E-state index contributed by atoms with van der Waals surface area (Å²) in [6, 6.07) is 55.3. The zero-order chi connectivity index (χ0) is 29.9. The van der Waals surface area contributed by atoms with Gasteiger partial charge in [-0.15, -0.1) is 0 Å². The second-order valence-electron chi connectivity index (χ2n) is 12.5. The molecule has 0 unspecified atom stereocenters. The van der Waals surface area contributed by atoms with Crippen LogP contribution in [0, 0.1) is 0 Å². The molecule has 2 aromatic heterocycles. The van der Waals surface area contributed by atoms with Crippen molar-refractivity contribution in [2.24, 2.45) is 0 Å². The van der Waals surface area contributed by atoms with Gasteiger partial charge in [-0.3, -0.25) is 0 Å². The van der Waals surface area contributed by atoms with Crippen LogP contribution in [0.3, 0.4) is 0 Å². The van der Waals surface area contributed by atoms with Gasteiger partial charge in [0.05, 0.1) is 11.0 Å². The van der Waals surface area contributed by atoms with E-state index in [0.29, 0.717) is 0 Å². The molecule has 2 aliphatic heterocycles. The molecule has 0 amide bonds. The molecule has 0 fully saturated rings. The van der Waals surface area contributed by atoms with Crippen molar-refractivity contribution in [2.45, 2.75) is 0 Å². The zero-order valence-electron chi connectivity index (χ0n) is 24.8. The summed E-state index contributed by atoms with van der Waals surface area (Å²) in [6.45, 7) is 0.0443. The molecular formula is C42H25BN2O. The summed E-state index contributed by atoms with van der Waals surface area (Å²) >= 11 is 0. The number of hydrogen-bond acceptors (Lipinski definition) is 2. The van der Waals surface area contributed by atoms with Crippen LogP contribution in [0.2, 0.25) is 0 Å². The van der Waals surface area contributed by atoms with E-state index in [1.165, 1.54) is 66.4 Å². The number of hydrogen-bond donors (Lipinski definition) is 0. The van der Waals surface area contributed by atoms with Crippen molar-refractivity contribution in [1.82, 2.24) is 4.57 Å². The Morgan fingerprint density at radius 2 is 1.04 bits per heavy atom. The van der Waals surface area contributed by atoms with Crippen LogP contribution in [-0.2, 0) is 0 Å². The van der Waals surface area contributed by atoms with E-state index in [0.717, 1.165) is 27.6 Å². The van der Waals surface area contributed by atoms with Gasteiger partial charge in [0.1, 0.15) is 11.2 Å². The summed E-state index contributed by atoms with van der Waals surface area (Å²) in [6.07, 6.45) is 0. The first kappa shape index (κ1) is 24.3. The Morgan fingerprint density at radius 3 is 1.87 bits per heavy atom. The summed E-state index contributed by atoms with van der Waals surface area (Å²) in [5.74, 6) is 0. The molecule has 2 aliphatic rings. The van der Waals surface area contributed by atoms with Crippen LogP contribution >= 0.6 is 0 Å². The van der Waals surface area contributed by atoms with Gasteiger partial charge in [0.15, 0.2) is 0 Å². The predicted molar refractivity (Wildman–Crippen MR) is 193 cm³/mol. The number of rotatable bonds is 1. The minimum Gasteiger partial charge on any atom is -0.456 e. The Hall–Kier alpha value is -6.00. The summed E-state index contributed by atoms with van der Waals surface area (Å²) in [5, 5.41) is 4.71. The van der Waals surface area contributed by atoms with Crippen molar-refractivity contribution in [1.29, 1.82) is 0 Å². The van der Waals surface area contributed by atoms with Gasteiger partial charge in [0.25, 0.3) is 0 Å². The number of para-hydroxylation sites is 4. The number of anilines is 2. The molecule has 7 aromatic carbocycles. The Morgan fingerprint density at radius 1 is 0.413 bits per heavy atom. The lowest BCUT2D eigenvalue weighted by atomic mass is 9.43. The quantitative estimate of drug-likeness (QED) is 0.179. The summed E-state index contributed by atoms with van der Waals surface area (Å²) in [7, 11) is 0. The van der Waals surface area contributed by atoms with Gasteiger partial charge in [-0.25, -0.2) is 0 Å². The van der Waals surface area contributed by atoms with Crippen molar-refractivity contribution >= 4 is 72.9 Å². The van der Waals surface area contributed by atoms with E-state index in [1.54, 1.807) is 0 Å². The lowest BCUT2D eigenvalue weighted by Crippen LogP contribution is -2.59. The maximum absolute atomic E-state index is 6.42. The number of furan rings is 1. The van der Waals surface area contributed by atoms with Gasteiger partial charge in [-0.05, 0) is 76.6 Å². The highest BCUT2D eigenvalue weighted by molar-refractivity contribution is 6.92. The number of nitrogens with zero attached hydrogens (tertiary/aromatic N) is 2. The molecule has 0 spiro atoms. The molecule has 0 bridgehead atoms. The number of aromatic nitrogens is 1. The molecule has 9 aromatic rings. The lowest BCUT2D eigenvalue weighted by Gasteiger charge is -2.43. The zero-order valence-corrected chi connectivity index (χ0v) is 24.8. The first-order valence-corrected chi connectivity index (χ1v) is 15.9. The predicted octanol–water partition coefficient (Wildman–Crippen LogP) is 9.59. The molecule has 0 aliphatic carbocycles. The minimum atomic E-state index is 0.0443. The maximum Gasteiger partial charge on any atom is 0.329 e. The minimum absolute atomic E-state index is 0.0443. The van der Waals surface area contributed by atoms with E-state index in [1.807, 2.05) is 6.07 Å². The molecule has 3 nitrogen and oxygen atoms in total. The third-order valence-electron chi connectivity index (χ3n) is 10.2. The Bertz CT molecular complexity index is 2720. The van der Waals surface area contributed by atoms with E-state index < -0.39 is 0 Å². The van der Waals surface area contributed by atoms with Gasteiger partial charge in [-0.1, -0.05) is 97.1 Å². The summed E-state index contributed by atoms with van der Waals surface area (Å²) in [4.78, 5) is 2.57. The van der Waals surface area contributed by atoms with Crippen molar-refractivity contribution in [2.75, 3.05) is 4.81 Å². The highest BCUT2D eigenvalue weighted by Crippen LogP contribution is 2.47. The molecule has 46 heavy (non-hydrogen) atoms. The van der Waals surface area contributed by atoms with Crippen LogP contribution in [0.5, 0.6) is 0 Å². The van der Waals surface area contributed by atoms with E-state index in [-0.39, 0.29) is 6.85 Å². The van der Waals surface area contributed by atoms with Gasteiger partial charge < -0.3 is 13.8 Å². The fraction of sp³-hybridized carbons (Fsp3) is 0. The van der Waals surface area contributed by atoms with E-state index in [4.69, 9.17) is 4.42 Å². The smallest absolute Gasteiger partial charge is 0.329 e. The van der Waals surface area contributed by atoms with Crippen LogP contribution < -0.4 is 15.7 Å². The standard InChI is InChI=1S/C42H25BN2O/c1-2-12-26(13-3-1)44-39-23-34-30-17-7-11-21-41(30)46-42(34)24-33(39)32-22-31-29-16-6-10-20-38(29)45-37-19-9-5-15-28(37)27-14-4-8-18-35(27)43(45)36(31)25-40(32)44/h1-25H. The molecule has 212 valence electrons. The molecule has 4 heteroatoms. The van der Waals surface area contributed by atoms with Crippen LogP contribution in [0.15, 0.2) is 156 Å². The van der Waals surface area contributed by atoms with Crippen molar-refractivity contribution in [3.63, 3.8) is 0 Å². The van der Waals surface area contributed by atoms with E-state index >= 15 is 0 Å². The third-order valence-corrected chi connectivity index (χ3v) is 10.2.